The minimum Gasteiger partial charge on any atom is -0.349 e. The number of benzene rings is 1. The molecule has 0 radical (unpaired) electrons. The van der Waals surface area contributed by atoms with Gasteiger partial charge in [-0.2, -0.15) is 5.26 Å². The van der Waals surface area contributed by atoms with Crippen molar-refractivity contribution in [2.45, 2.75) is 5.92 Å². The van der Waals surface area contributed by atoms with Crippen molar-refractivity contribution in [2.75, 3.05) is 6.54 Å². The van der Waals surface area contributed by atoms with E-state index in [-0.39, 0.29) is 18.4 Å². The predicted molar refractivity (Wildman–Crippen MR) is 71.4 cm³/mol. The molecule has 2 rings (SSSR count). The van der Waals surface area contributed by atoms with Crippen LogP contribution in [0.4, 0.5) is 0 Å². The van der Waals surface area contributed by atoms with E-state index in [4.69, 9.17) is 5.26 Å². The van der Waals surface area contributed by atoms with Crippen molar-refractivity contribution >= 4 is 5.91 Å². The van der Waals surface area contributed by atoms with Crippen LogP contribution in [0.5, 0.6) is 0 Å². The molecule has 0 aliphatic rings. The van der Waals surface area contributed by atoms with Crippen molar-refractivity contribution < 1.29 is 4.79 Å². The number of amides is 1. The number of nitrogens with zero attached hydrogens (tertiary/aromatic N) is 2. The molecule has 4 heteroatoms. The van der Waals surface area contributed by atoms with Crippen molar-refractivity contribution in [3.05, 3.63) is 66.0 Å². The second kappa shape index (κ2) is 6.31. The molecule has 0 saturated carbocycles. The number of rotatable bonds is 4. The van der Waals surface area contributed by atoms with E-state index in [1.807, 2.05) is 30.3 Å². The van der Waals surface area contributed by atoms with Crippen LogP contribution >= 0.6 is 0 Å². The maximum absolute atomic E-state index is 11.8. The van der Waals surface area contributed by atoms with Gasteiger partial charge in [0.1, 0.15) is 5.69 Å². The van der Waals surface area contributed by atoms with Gasteiger partial charge in [0, 0.05) is 12.7 Å². The van der Waals surface area contributed by atoms with Crippen LogP contribution in [0.2, 0.25) is 0 Å². The average Bonchev–Trinajstić information content (AvgIpc) is 2.49. The van der Waals surface area contributed by atoms with E-state index >= 15 is 0 Å². The van der Waals surface area contributed by atoms with Gasteiger partial charge in [0.05, 0.1) is 12.0 Å². The Labute approximate surface area is 111 Å². The molecule has 1 unspecified atom stereocenters. The van der Waals surface area contributed by atoms with Gasteiger partial charge in [0.25, 0.3) is 5.91 Å². The SMILES string of the molecule is N#CC(CNC(=O)c1ccccn1)c1ccccc1. The summed E-state index contributed by atoms with van der Waals surface area (Å²) in [5.74, 6) is -0.620. The van der Waals surface area contributed by atoms with E-state index in [2.05, 4.69) is 16.4 Å². The molecule has 1 atom stereocenters. The van der Waals surface area contributed by atoms with E-state index in [9.17, 15) is 4.79 Å². The normalized spacial score (nSPS) is 11.3. The highest BCUT2D eigenvalue weighted by atomic mass is 16.1. The number of carbonyl (C=O) groups is 1. The zero-order valence-electron chi connectivity index (χ0n) is 10.3. The number of nitriles is 1. The summed E-state index contributed by atoms with van der Waals surface area (Å²) < 4.78 is 0. The van der Waals surface area contributed by atoms with Crippen molar-refractivity contribution in [2.24, 2.45) is 0 Å². The van der Waals surface area contributed by atoms with Crippen molar-refractivity contribution in [1.29, 1.82) is 5.26 Å². The van der Waals surface area contributed by atoms with Crippen LogP contribution in [0.25, 0.3) is 0 Å². The van der Waals surface area contributed by atoms with Crippen LogP contribution in [0.3, 0.4) is 0 Å². The lowest BCUT2D eigenvalue weighted by molar-refractivity contribution is 0.0948. The second-order valence-electron chi connectivity index (χ2n) is 4.02. The fourth-order valence-electron chi connectivity index (χ4n) is 1.71. The van der Waals surface area contributed by atoms with Crippen molar-refractivity contribution in [1.82, 2.24) is 10.3 Å². The maximum atomic E-state index is 11.8. The lowest BCUT2D eigenvalue weighted by atomic mass is 10.0. The van der Waals surface area contributed by atoms with Gasteiger partial charge in [0.2, 0.25) is 0 Å². The third kappa shape index (κ3) is 3.39. The number of aromatic nitrogens is 1. The van der Waals surface area contributed by atoms with Gasteiger partial charge in [-0.3, -0.25) is 9.78 Å². The van der Waals surface area contributed by atoms with Gasteiger partial charge in [0.15, 0.2) is 0 Å². The standard InChI is InChI=1S/C15H13N3O/c16-10-13(12-6-2-1-3-7-12)11-18-15(19)14-8-4-5-9-17-14/h1-9,13H,11H2,(H,18,19). The van der Waals surface area contributed by atoms with Gasteiger partial charge in [-0.1, -0.05) is 36.4 Å². The number of pyridine rings is 1. The van der Waals surface area contributed by atoms with E-state index in [0.29, 0.717) is 5.69 Å². The van der Waals surface area contributed by atoms with Gasteiger partial charge in [-0.15, -0.1) is 0 Å². The molecule has 1 aromatic heterocycles. The smallest absolute Gasteiger partial charge is 0.269 e. The number of hydrogen-bond acceptors (Lipinski definition) is 3. The minimum absolute atomic E-state index is 0.267. The summed E-state index contributed by atoms with van der Waals surface area (Å²) in [7, 11) is 0. The van der Waals surface area contributed by atoms with Gasteiger partial charge in [-0.25, -0.2) is 0 Å². The summed E-state index contributed by atoms with van der Waals surface area (Å²) in [5.41, 5.74) is 1.25. The summed E-state index contributed by atoms with van der Waals surface area (Å²) in [6, 6.07) is 16.7. The molecule has 2 aromatic rings. The largest absolute Gasteiger partial charge is 0.349 e. The first-order valence-electron chi connectivity index (χ1n) is 5.95. The Balaban J connectivity index is 1.98. The molecular formula is C15H13N3O. The lowest BCUT2D eigenvalue weighted by Crippen LogP contribution is -2.28. The summed E-state index contributed by atoms with van der Waals surface area (Å²) in [5, 5.41) is 11.9. The first kappa shape index (κ1) is 12.8. The van der Waals surface area contributed by atoms with Crippen LogP contribution in [0, 0.1) is 11.3 Å². The highest BCUT2D eigenvalue weighted by molar-refractivity contribution is 5.92. The summed E-state index contributed by atoms with van der Waals surface area (Å²) >= 11 is 0. The van der Waals surface area contributed by atoms with Crippen LogP contribution in [-0.4, -0.2) is 17.4 Å². The molecule has 0 fully saturated rings. The van der Waals surface area contributed by atoms with E-state index in [1.165, 1.54) is 0 Å². The molecule has 4 nitrogen and oxygen atoms in total. The number of carbonyl (C=O) groups excluding carboxylic acids is 1. The highest BCUT2D eigenvalue weighted by Gasteiger charge is 2.12. The first-order valence-corrected chi connectivity index (χ1v) is 5.95. The zero-order valence-corrected chi connectivity index (χ0v) is 10.3. The van der Waals surface area contributed by atoms with E-state index < -0.39 is 0 Å². The third-order valence-corrected chi connectivity index (χ3v) is 2.72. The molecule has 94 valence electrons. The molecular weight excluding hydrogens is 238 g/mol. The van der Waals surface area contributed by atoms with Crippen molar-refractivity contribution in [3.8, 4) is 6.07 Å². The van der Waals surface area contributed by atoms with E-state index in [1.54, 1.807) is 24.4 Å². The maximum Gasteiger partial charge on any atom is 0.269 e. The molecule has 1 amide bonds. The molecule has 1 heterocycles. The Bertz CT molecular complexity index is 575. The van der Waals surface area contributed by atoms with Crippen molar-refractivity contribution in [3.63, 3.8) is 0 Å². The van der Waals surface area contributed by atoms with Crippen LogP contribution in [-0.2, 0) is 0 Å². The quantitative estimate of drug-likeness (QED) is 0.905. The topological polar surface area (TPSA) is 65.8 Å². The Morgan fingerprint density at radius 1 is 1.21 bits per heavy atom. The molecule has 1 N–H and O–H groups in total. The van der Waals surface area contributed by atoms with Crippen LogP contribution < -0.4 is 5.32 Å². The lowest BCUT2D eigenvalue weighted by Gasteiger charge is -2.10. The number of nitrogens with one attached hydrogen (secondary N) is 1. The van der Waals surface area contributed by atoms with Crippen LogP contribution in [0.15, 0.2) is 54.7 Å². The van der Waals surface area contributed by atoms with Gasteiger partial charge in [-0.05, 0) is 17.7 Å². The summed E-state index contributed by atoms with van der Waals surface area (Å²) in [6.45, 7) is 0.274. The summed E-state index contributed by atoms with van der Waals surface area (Å²) in [4.78, 5) is 15.8. The predicted octanol–water partition coefficient (Wildman–Crippen LogP) is 2.12. The monoisotopic (exact) mass is 251 g/mol. The summed E-state index contributed by atoms with van der Waals surface area (Å²) in [6.07, 6.45) is 1.56. The Hall–Kier alpha value is -2.67. The average molecular weight is 251 g/mol. The molecule has 0 aliphatic heterocycles. The molecule has 0 bridgehead atoms. The minimum atomic E-state index is -0.353. The fraction of sp³-hybridized carbons (Fsp3) is 0.133. The third-order valence-electron chi connectivity index (χ3n) is 2.72. The highest BCUT2D eigenvalue weighted by Crippen LogP contribution is 2.13. The molecule has 0 spiro atoms. The Morgan fingerprint density at radius 2 is 1.95 bits per heavy atom. The van der Waals surface area contributed by atoms with Crippen LogP contribution in [0.1, 0.15) is 22.0 Å². The molecule has 0 saturated heterocycles. The molecule has 1 aromatic carbocycles. The fourth-order valence-corrected chi connectivity index (χ4v) is 1.71. The molecule has 19 heavy (non-hydrogen) atoms. The first-order chi connectivity index (χ1) is 9.31. The van der Waals surface area contributed by atoms with Gasteiger partial charge < -0.3 is 5.32 Å². The number of hydrogen-bond donors (Lipinski definition) is 1. The van der Waals surface area contributed by atoms with E-state index in [0.717, 1.165) is 5.56 Å². The Kier molecular flexibility index (Phi) is 4.25. The zero-order chi connectivity index (χ0) is 13.5. The Morgan fingerprint density at radius 3 is 2.58 bits per heavy atom. The van der Waals surface area contributed by atoms with Gasteiger partial charge >= 0.3 is 0 Å². The second-order valence-corrected chi connectivity index (χ2v) is 4.02. The molecule has 0 aliphatic carbocycles.